The molecule has 2 amide bonds. The molecule has 0 fully saturated rings. The zero-order valence-corrected chi connectivity index (χ0v) is 16.1. The van der Waals surface area contributed by atoms with Gasteiger partial charge in [0.05, 0.1) is 23.4 Å². The summed E-state index contributed by atoms with van der Waals surface area (Å²) in [5.41, 5.74) is 1.11. The summed E-state index contributed by atoms with van der Waals surface area (Å²) in [4.78, 5) is 35.6. The average molecular weight is 409 g/mol. The molecule has 2 N–H and O–H groups in total. The zero-order valence-electron chi connectivity index (χ0n) is 14.6. The second kappa shape index (κ2) is 9.94. The molecule has 8 heteroatoms. The van der Waals surface area contributed by atoms with Crippen LogP contribution in [0.2, 0.25) is 10.0 Å². The van der Waals surface area contributed by atoms with Crippen molar-refractivity contribution in [1.29, 1.82) is 0 Å². The Morgan fingerprint density at radius 1 is 1.00 bits per heavy atom. The Labute approximate surface area is 166 Å². The summed E-state index contributed by atoms with van der Waals surface area (Å²) in [6, 6.07) is 11.0. The molecule has 0 atom stereocenters. The van der Waals surface area contributed by atoms with Crippen molar-refractivity contribution in [3.63, 3.8) is 0 Å². The zero-order chi connectivity index (χ0) is 19.8. The van der Waals surface area contributed by atoms with Crippen LogP contribution >= 0.6 is 23.2 Å². The van der Waals surface area contributed by atoms with Crippen LogP contribution in [0.3, 0.4) is 0 Å². The number of rotatable bonds is 7. The SMILES string of the molecule is COC(=O)c1ccc(Cl)c(NC(=O)CCCNC(=O)c2ccc(Cl)cc2)c1. The van der Waals surface area contributed by atoms with E-state index in [0.29, 0.717) is 34.3 Å². The molecule has 0 saturated carbocycles. The molecule has 0 radical (unpaired) electrons. The number of hydrogen-bond donors (Lipinski definition) is 2. The number of carbonyl (C=O) groups is 3. The van der Waals surface area contributed by atoms with Crippen molar-refractivity contribution in [3.8, 4) is 0 Å². The molecule has 0 heterocycles. The van der Waals surface area contributed by atoms with Crippen molar-refractivity contribution in [3.05, 3.63) is 63.6 Å². The first-order chi connectivity index (χ1) is 12.9. The second-order valence-electron chi connectivity index (χ2n) is 5.60. The van der Waals surface area contributed by atoms with Gasteiger partial charge in [0, 0.05) is 23.6 Å². The van der Waals surface area contributed by atoms with E-state index in [9.17, 15) is 14.4 Å². The average Bonchev–Trinajstić information content (AvgIpc) is 2.66. The van der Waals surface area contributed by atoms with E-state index in [1.807, 2.05) is 0 Å². The lowest BCUT2D eigenvalue weighted by molar-refractivity contribution is -0.116. The highest BCUT2D eigenvalue weighted by atomic mass is 35.5. The number of benzene rings is 2. The van der Waals surface area contributed by atoms with Gasteiger partial charge in [-0.3, -0.25) is 9.59 Å². The molecular formula is C19H18Cl2N2O4. The molecule has 0 aliphatic carbocycles. The number of hydrogen-bond acceptors (Lipinski definition) is 4. The van der Waals surface area contributed by atoms with Crippen molar-refractivity contribution in [1.82, 2.24) is 5.32 Å². The normalized spacial score (nSPS) is 10.2. The van der Waals surface area contributed by atoms with Gasteiger partial charge in [-0.1, -0.05) is 23.2 Å². The molecule has 0 unspecified atom stereocenters. The van der Waals surface area contributed by atoms with Crippen molar-refractivity contribution < 1.29 is 19.1 Å². The summed E-state index contributed by atoms with van der Waals surface area (Å²) in [5.74, 6) is -1.03. The summed E-state index contributed by atoms with van der Waals surface area (Å²) in [5, 5.41) is 6.25. The van der Waals surface area contributed by atoms with Crippen LogP contribution in [0.1, 0.15) is 33.6 Å². The van der Waals surface area contributed by atoms with E-state index in [0.717, 1.165) is 0 Å². The van der Waals surface area contributed by atoms with Crippen LogP contribution in [-0.2, 0) is 9.53 Å². The quantitative estimate of drug-likeness (QED) is 0.536. The minimum atomic E-state index is -0.521. The molecule has 0 spiro atoms. The topological polar surface area (TPSA) is 84.5 Å². The lowest BCUT2D eigenvalue weighted by atomic mass is 10.2. The van der Waals surface area contributed by atoms with Crippen molar-refractivity contribution in [2.24, 2.45) is 0 Å². The fraction of sp³-hybridized carbons (Fsp3) is 0.211. The summed E-state index contributed by atoms with van der Waals surface area (Å²) >= 11 is 11.8. The molecule has 2 aromatic carbocycles. The Morgan fingerprint density at radius 2 is 1.67 bits per heavy atom. The van der Waals surface area contributed by atoms with E-state index in [1.54, 1.807) is 24.3 Å². The van der Waals surface area contributed by atoms with Gasteiger partial charge in [0.1, 0.15) is 0 Å². The number of halogens is 2. The van der Waals surface area contributed by atoms with Gasteiger partial charge in [-0.25, -0.2) is 4.79 Å². The summed E-state index contributed by atoms with van der Waals surface area (Å²) < 4.78 is 4.64. The van der Waals surface area contributed by atoms with Crippen LogP contribution in [0, 0.1) is 0 Å². The van der Waals surface area contributed by atoms with E-state index in [1.165, 1.54) is 25.3 Å². The predicted molar refractivity (Wildman–Crippen MR) is 104 cm³/mol. The van der Waals surface area contributed by atoms with E-state index in [4.69, 9.17) is 23.2 Å². The van der Waals surface area contributed by atoms with E-state index >= 15 is 0 Å². The van der Waals surface area contributed by atoms with Gasteiger partial charge in [-0.05, 0) is 48.9 Å². The van der Waals surface area contributed by atoms with Crippen LogP contribution in [-0.4, -0.2) is 31.4 Å². The summed E-state index contributed by atoms with van der Waals surface area (Å²) in [6.07, 6.45) is 0.624. The minimum absolute atomic E-state index is 0.180. The lowest BCUT2D eigenvalue weighted by Gasteiger charge is -2.09. The maximum Gasteiger partial charge on any atom is 0.337 e. The first kappa shape index (κ1) is 20.7. The largest absolute Gasteiger partial charge is 0.465 e. The molecule has 142 valence electrons. The van der Waals surface area contributed by atoms with Crippen LogP contribution in [0.25, 0.3) is 0 Å². The third-order valence-corrected chi connectivity index (χ3v) is 4.22. The molecule has 0 aliphatic rings. The Kier molecular flexibility index (Phi) is 7.64. The molecule has 2 aromatic rings. The van der Waals surface area contributed by atoms with Crippen molar-refractivity contribution >= 4 is 46.7 Å². The molecule has 0 aliphatic heterocycles. The number of carbonyl (C=O) groups excluding carboxylic acids is 3. The van der Waals surface area contributed by atoms with Crippen LogP contribution < -0.4 is 10.6 Å². The van der Waals surface area contributed by atoms with Gasteiger partial charge in [0.15, 0.2) is 0 Å². The van der Waals surface area contributed by atoms with Gasteiger partial charge >= 0.3 is 5.97 Å². The molecule has 0 saturated heterocycles. The number of nitrogens with one attached hydrogen (secondary N) is 2. The maximum absolute atomic E-state index is 12.1. The second-order valence-corrected chi connectivity index (χ2v) is 6.44. The molecule has 0 bridgehead atoms. The van der Waals surface area contributed by atoms with Crippen molar-refractivity contribution in [2.45, 2.75) is 12.8 Å². The van der Waals surface area contributed by atoms with Crippen LogP contribution in [0.5, 0.6) is 0 Å². The standard InChI is InChI=1S/C19H18Cl2N2O4/c1-27-19(26)13-6-9-15(21)16(11-13)23-17(24)3-2-10-22-18(25)12-4-7-14(20)8-5-12/h4-9,11H,2-3,10H2,1H3,(H,22,25)(H,23,24). The Morgan fingerprint density at radius 3 is 2.33 bits per heavy atom. The third kappa shape index (κ3) is 6.27. The van der Waals surface area contributed by atoms with Gasteiger partial charge < -0.3 is 15.4 Å². The first-order valence-corrected chi connectivity index (χ1v) is 8.88. The highest BCUT2D eigenvalue weighted by molar-refractivity contribution is 6.33. The Hall–Kier alpha value is -2.57. The fourth-order valence-corrected chi connectivity index (χ4v) is 2.52. The molecule has 27 heavy (non-hydrogen) atoms. The van der Waals surface area contributed by atoms with Gasteiger partial charge in [0.25, 0.3) is 5.91 Å². The summed E-state index contributed by atoms with van der Waals surface area (Å²) in [6.45, 7) is 0.338. The monoisotopic (exact) mass is 408 g/mol. The number of methoxy groups -OCH3 is 1. The minimum Gasteiger partial charge on any atom is -0.465 e. The third-order valence-electron chi connectivity index (χ3n) is 3.63. The molecule has 6 nitrogen and oxygen atoms in total. The number of ether oxygens (including phenoxy) is 1. The van der Waals surface area contributed by atoms with E-state index < -0.39 is 5.97 Å². The highest BCUT2D eigenvalue weighted by Gasteiger charge is 2.11. The van der Waals surface area contributed by atoms with Crippen molar-refractivity contribution in [2.75, 3.05) is 19.0 Å². The number of amides is 2. The Bertz CT molecular complexity index is 838. The lowest BCUT2D eigenvalue weighted by Crippen LogP contribution is -2.25. The number of esters is 1. The smallest absolute Gasteiger partial charge is 0.337 e. The van der Waals surface area contributed by atoms with Gasteiger partial charge in [0.2, 0.25) is 5.91 Å². The van der Waals surface area contributed by atoms with Gasteiger partial charge in [-0.2, -0.15) is 0 Å². The molecule has 2 rings (SSSR count). The highest BCUT2D eigenvalue weighted by Crippen LogP contribution is 2.23. The van der Waals surface area contributed by atoms with E-state index in [-0.39, 0.29) is 23.8 Å². The molecular weight excluding hydrogens is 391 g/mol. The van der Waals surface area contributed by atoms with E-state index in [2.05, 4.69) is 15.4 Å². The molecule has 0 aromatic heterocycles. The van der Waals surface area contributed by atoms with Crippen LogP contribution in [0.4, 0.5) is 5.69 Å². The maximum atomic E-state index is 12.1. The predicted octanol–water partition coefficient (Wildman–Crippen LogP) is 3.93. The fourth-order valence-electron chi connectivity index (χ4n) is 2.23. The van der Waals surface area contributed by atoms with Crippen LogP contribution in [0.15, 0.2) is 42.5 Å². The van der Waals surface area contributed by atoms with Gasteiger partial charge in [-0.15, -0.1) is 0 Å². The Balaban J connectivity index is 1.80. The first-order valence-electron chi connectivity index (χ1n) is 8.12. The number of anilines is 1. The summed E-state index contributed by atoms with van der Waals surface area (Å²) in [7, 11) is 1.27.